The maximum Gasteiger partial charge on any atom is 0.270 e. The van der Waals surface area contributed by atoms with Gasteiger partial charge in [0.15, 0.2) is 6.29 Å². The Bertz CT molecular complexity index is 1330. The van der Waals surface area contributed by atoms with Crippen LogP contribution in [-0.4, -0.2) is 21.4 Å². The first-order valence-corrected chi connectivity index (χ1v) is 8.51. The maximum absolute atomic E-state index is 11.4. The number of nitro benzene ring substituents is 1. The molecule has 0 amide bonds. The van der Waals surface area contributed by atoms with Crippen LogP contribution in [0, 0.1) is 10.1 Å². The molecule has 0 aliphatic heterocycles. The first kappa shape index (κ1) is 18.1. The fourth-order valence-electron chi connectivity index (χ4n) is 3.17. The monoisotopic (exact) mass is 387 g/mol. The zero-order valence-electron chi connectivity index (χ0n) is 14.8. The SMILES string of the molecule is O=Cc1cc(O)c(N=Nc2c(O)ccc3ccccc23)c2ccc([N+](=O)[O-])cc12. The van der Waals surface area contributed by atoms with Crippen LogP contribution in [0.25, 0.3) is 21.5 Å². The number of aromatic hydroxyl groups is 2. The van der Waals surface area contributed by atoms with Gasteiger partial charge in [0.05, 0.1) is 4.92 Å². The minimum absolute atomic E-state index is 0.0350. The molecule has 0 aliphatic carbocycles. The fourth-order valence-corrected chi connectivity index (χ4v) is 3.17. The molecule has 0 atom stereocenters. The van der Waals surface area contributed by atoms with Crippen LogP contribution in [-0.2, 0) is 0 Å². The molecule has 0 saturated carbocycles. The number of benzene rings is 4. The van der Waals surface area contributed by atoms with E-state index in [1.807, 2.05) is 12.1 Å². The van der Waals surface area contributed by atoms with Gasteiger partial charge in [-0.15, -0.1) is 10.2 Å². The highest BCUT2D eigenvalue weighted by atomic mass is 16.6. The summed E-state index contributed by atoms with van der Waals surface area (Å²) in [5.41, 5.74) is 0.152. The van der Waals surface area contributed by atoms with Crippen LogP contribution in [0.2, 0.25) is 0 Å². The van der Waals surface area contributed by atoms with E-state index in [1.165, 1.54) is 30.3 Å². The number of rotatable bonds is 4. The summed E-state index contributed by atoms with van der Waals surface area (Å²) in [7, 11) is 0. The summed E-state index contributed by atoms with van der Waals surface area (Å²) in [5, 5.41) is 41.9. The van der Waals surface area contributed by atoms with Crippen molar-refractivity contribution in [3.05, 3.63) is 76.3 Å². The van der Waals surface area contributed by atoms with Crippen molar-refractivity contribution in [2.75, 3.05) is 0 Å². The third-order valence-electron chi connectivity index (χ3n) is 4.57. The van der Waals surface area contributed by atoms with Crippen LogP contribution in [0.4, 0.5) is 17.1 Å². The molecular formula is C21H13N3O5. The Kier molecular flexibility index (Phi) is 4.36. The normalized spacial score (nSPS) is 11.3. The van der Waals surface area contributed by atoms with Gasteiger partial charge in [-0.25, -0.2) is 0 Å². The number of fused-ring (bicyclic) bond motifs is 2. The summed E-state index contributed by atoms with van der Waals surface area (Å²) in [6.07, 6.45) is 0.503. The Hall–Kier alpha value is -4.33. The van der Waals surface area contributed by atoms with Gasteiger partial charge in [-0.1, -0.05) is 30.3 Å². The van der Waals surface area contributed by atoms with Gasteiger partial charge in [-0.3, -0.25) is 14.9 Å². The van der Waals surface area contributed by atoms with Gasteiger partial charge in [0.2, 0.25) is 0 Å². The first-order valence-electron chi connectivity index (χ1n) is 8.51. The number of carbonyl (C=O) groups is 1. The molecule has 0 fully saturated rings. The van der Waals surface area contributed by atoms with Crippen molar-refractivity contribution in [1.82, 2.24) is 0 Å². The summed E-state index contributed by atoms with van der Waals surface area (Å²) >= 11 is 0. The molecule has 8 heteroatoms. The van der Waals surface area contributed by atoms with Crippen LogP contribution in [0.5, 0.6) is 11.5 Å². The van der Waals surface area contributed by atoms with Crippen LogP contribution in [0.3, 0.4) is 0 Å². The number of carbonyl (C=O) groups excluding carboxylic acids is 1. The van der Waals surface area contributed by atoms with Crippen LogP contribution < -0.4 is 0 Å². The molecule has 0 saturated heterocycles. The molecule has 0 aromatic heterocycles. The third-order valence-corrected chi connectivity index (χ3v) is 4.57. The zero-order chi connectivity index (χ0) is 20.5. The van der Waals surface area contributed by atoms with Gasteiger partial charge in [-0.05, 0) is 23.6 Å². The van der Waals surface area contributed by atoms with Gasteiger partial charge >= 0.3 is 0 Å². The van der Waals surface area contributed by atoms with Gasteiger partial charge in [-0.2, -0.15) is 0 Å². The van der Waals surface area contributed by atoms with Crippen molar-refractivity contribution in [2.45, 2.75) is 0 Å². The largest absolute Gasteiger partial charge is 0.506 e. The molecule has 142 valence electrons. The lowest BCUT2D eigenvalue weighted by molar-refractivity contribution is -0.384. The Morgan fingerprint density at radius 3 is 2.28 bits per heavy atom. The number of hydrogen-bond acceptors (Lipinski definition) is 7. The molecule has 0 radical (unpaired) electrons. The predicted octanol–water partition coefficient (Wildman–Crippen LogP) is 5.54. The topological polar surface area (TPSA) is 125 Å². The summed E-state index contributed by atoms with van der Waals surface area (Å²) in [5.74, 6) is -0.395. The highest BCUT2D eigenvalue weighted by Crippen LogP contribution is 2.41. The Morgan fingerprint density at radius 2 is 1.55 bits per heavy atom. The summed E-state index contributed by atoms with van der Waals surface area (Å²) in [4.78, 5) is 21.9. The van der Waals surface area contributed by atoms with Crippen molar-refractivity contribution in [3.63, 3.8) is 0 Å². The van der Waals surface area contributed by atoms with Crippen LogP contribution in [0.1, 0.15) is 10.4 Å². The second-order valence-corrected chi connectivity index (χ2v) is 6.29. The van der Waals surface area contributed by atoms with E-state index in [0.717, 1.165) is 5.39 Å². The van der Waals surface area contributed by atoms with E-state index in [9.17, 15) is 25.1 Å². The summed E-state index contributed by atoms with van der Waals surface area (Å²) < 4.78 is 0. The average Bonchev–Trinajstić information content (AvgIpc) is 2.73. The summed E-state index contributed by atoms with van der Waals surface area (Å²) in [6.45, 7) is 0. The Morgan fingerprint density at radius 1 is 0.828 bits per heavy atom. The number of phenols is 2. The molecule has 0 spiro atoms. The van der Waals surface area contributed by atoms with E-state index in [4.69, 9.17) is 0 Å². The number of nitrogens with zero attached hydrogens (tertiary/aromatic N) is 3. The lowest BCUT2D eigenvalue weighted by atomic mass is 10.0. The standard InChI is InChI=1S/C21H13N3O5/c25-11-13-9-19(27)21(16-7-6-14(24(28)29)10-17(13)16)23-22-20-15-4-2-1-3-12(15)5-8-18(20)26/h1-11,26-27H. The number of nitro groups is 1. The molecule has 4 aromatic rings. The highest BCUT2D eigenvalue weighted by molar-refractivity contribution is 6.06. The van der Waals surface area contributed by atoms with Crippen molar-refractivity contribution in [3.8, 4) is 11.5 Å². The molecule has 0 unspecified atom stereocenters. The Labute approximate surface area is 163 Å². The number of aldehydes is 1. The number of phenolic OH excluding ortho intramolecular Hbond substituents is 2. The minimum atomic E-state index is -0.573. The third kappa shape index (κ3) is 3.12. The van der Waals surface area contributed by atoms with Gasteiger partial charge in [0.25, 0.3) is 5.69 Å². The summed E-state index contributed by atoms with van der Waals surface area (Å²) in [6, 6.07) is 15.6. The van der Waals surface area contributed by atoms with Gasteiger partial charge in [0.1, 0.15) is 22.9 Å². The van der Waals surface area contributed by atoms with Crippen LogP contribution in [0.15, 0.2) is 70.9 Å². The average molecular weight is 387 g/mol. The van der Waals surface area contributed by atoms with E-state index in [1.54, 1.807) is 18.2 Å². The fraction of sp³-hybridized carbons (Fsp3) is 0. The lowest BCUT2D eigenvalue weighted by Crippen LogP contribution is -1.90. The van der Waals surface area contributed by atoms with Crippen molar-refractivity contribution >= 4 is 44.9 Å². The van der Waals surface area contributed by atoms with E-state index in [2.05, 4.69) is 10.2 Å². The molecule has 8 nitrogen and oxygen atoms in total. The molecule has 0 aliphatic rings. The number of azo groups is 1. The van der Waals surface area contributed by atoms with E-state index >= 15 is 0 Å². The van der Waals surface area contributed by atoms with Gasteiger partial charge in [0, 0.05) is 33.9 Å². The molecule has 0 bridgehead atoms. The van der Waals surface area contributed by atoms with Crippen molar-refractivity contribution < 1.29 is 19.9 Å². The first-order chi connectivity index (χ1) is 14.0. The second-order valence-electron chi connectivity index (χ2n) is 6.29. The predicted molar refractivity (Wildman–Crippen MR) is 107 cm³/mol. The van der Waals surface area contributed by atoms with Gasteiger partial charge < -0.3 is 10.2 Å². The molecule has 29 heavy (non-hydrogen) atoms. The van der Waals surface area contributed by atoms with E-state index in [0.29, 0.717) is 17.1 Å². The van der Waals surface area contributed by atoms with Crippen molar-refractivity contribution in [1.29, 1.82) is 0 Å². The molecule has 2 N–H and O–H groups in total. The lowest BCUT2D eigenvalue weighted by Gasteiger charge is -2.08. The minimum Gasteiger partial charge on any atom is -0.506 e. The second kappa shape index (κ2) is 7.01. The van der Waals surface area contributed by atoms with Crippen LogP contribution >= 0.6 is 0 Å². The number of hydrogen-bond donors (Lipinski definition) is 2. The highest BCUT2D eigenvalue weighted by Gasteiger charge is 2.16. The van der Waals surface area contributed by atoms with Crippen molar-refractivity contribution in [2.24, 2.45) is 10.2 Å². The molecule has 4 aromatic carbocycles. The smallest absolute Gasteiger partial charge is 0.270 e. The molecule has 4 rings (SSSR count). The number of non-ortho nitro benzene ring substituents is 1. The zero-order valence-corrected chi connectivity index (χ0v) is 14.8. The van der Waals surface area contributed by atoms with E-state index < -0.39 is 4.92 Å². The molecule has 0 heterocycles. The maximum atomic E-state index is 11.4. The molecular weight excluding hydrogens is 374 g/mol. The Balaban J connectivity index is 1.93. The quantitative estimate of drug-likeness (QED) is 0.206. The van der Waals surface area contributed by atoms with E-state index in [-0.39, 0.29) is 39.5 Å².